The van der Waals surface area contributed by atoms with Gasteiger partial charge in [0, 0.05) is 12.1 Å². The van der Waals surface area contributed by atoms with Gasteiger partial charge in [-0.3, -0.25) is 0 Å². The number of hydrogen-bond donors (Lipinski definition) is 2. The molecule has 2 nitrogen and oxygen atoms in total. The second-order valence-corrected chi connectivity index (χ2v) is 5.99. The first-order valence-corrected chi connectivity index (χ1v) is 7.75. The Hall–Kier alpha value is -1.23. The molecule has 0 saturated carbocycles. The second-order valence-electron chi connectivity index (χ2n) is 5.13. The van der Waals surface area contributed by atoms with E-state index in [0.29, 0.717) is 4.47 Å². The molecule has 2 atom stereocenters. The molecular formula is C17H19BrFNO. The third-order valence-electron chi connectivity index (χ3n) is 3.47. The second kappa shape index (κ2) is 7.69. The number of halogens is 2. The lowest BCUT2D eigenvalue weighted by molar-refractivity contribution is 0.232. The molecule has 0 bridgehead atoms. The van der Waals surface area contributed by atoms with Gasteiger partial charge in [-0.15, -0.1) is 0 Å². The Morgan fingerprint density at radius 2 is 1.90 bits per heavy atom. The zero-order valence-corrected chi connectivity index (χ0v) is 13.5. The number of aliphatic hydroxyl groups excluding tert-OH is 1. The summed E-state index contributed by atoms with van der Waals surface area (Å²) in [6.07, 6.45) is 0.754. The molecule has 2 unspecified atom stereocenters. The summed E-state index contributed by atoms with van der Waals surface area (Å²) in [5.41, 5.74) is 2.16. The van der Waals surface area contributed by atoms with Gasteiger partial charge < -0.3 is 10.4 Å². The molecule has 2 aromatic rings. The quantitative estimate of drug-likeness (QED) is 0.828. The van der Waals surface area contributed by atoms with E-state index in [9.17, 15) is 9.50 Å². The molecule has 0 fully saturated rings. The Balaban J connectivity index is 2.02. The molecule has 0 aliphatic carbocycles. The number of benzene rings is 2. The highest BCUT2D eigenvalue weighted by Gasteiger charge is 2.14. The van der Waals surface area contributed by atoms with Crippen LogP contribution in [-0.2, 0) is 6.42 Å². The van der Waals surface area contributed by atoms with E-state index < -0.39 is 0 Å². The number of aliphatic hydroxyl groups is 1. The van der Waals surface area contributed by atoms with Crippen LogP contribution in [0.25, 0.3) is 0 Å². The van der Waals surface area contributed by atoms with Gasteiger partial charge in [0.25, 0.3) is 0 Å². The molecule has 4 heteroatoms. The minimum Gasteiger partial charge on any atom is -0.395 e. The molecular weight excluding hydrogens is 333 g/mol. The molecule has 0 aromatic heterocycles. The van der Waals surface area contributed by atoms with Gasteiger partial charge in [-0.05, 0) is 52.5 Å². The average Bonchev–Trinajstić information content (AvgIpc) is 2.50. The van der Waals surface area contributed by atoms with Crippen molar-refractivity contribution in [2.75, 3.05) is 6.61 Å². The third-order valence-corrected chi connectivity index (χ3v) is 4.08. The van der Waals surface area contributed by atoms with Gasteiger partial charge in [-0.1, -0.05) is 36.4 Å². The molecule has 2 N–H and O–H groups in total. The van der Waals surface area contributed by atoms with Gasteiger partial charge in [0.05, 0.1) is 11.1 Å². The first kappa shape index (κ1) is 16.1. The molecule has 112 valence electrons. The normalized spacial score (nSPS) is 13.9. The summed E-state index contributed by atoms with van der Waals surface area (Å²) in [7, 11) is 0. The maximum Gasteiger partial charge on any atom is 0.137 e. The van der Waals surface area contributed by atoms with Crippen molar-refractivity contribution in [2.24, 2.45) is 0 Å². The molecule has 0 saturated heterocycles. The maximum atomic E-state index is 13.3. The van der Waals surface area contributed by atoms with Crippen LogP contribution >= 0.6 is 15.9 Å². The summed E-state index contributed by atoms with van der Waals surface area (Å²) in [4.78, 5) is 0. The van der Waals surface area contributed by atoms with Crippen LogP contribution in [0.2, 0.25) is 0 Å². The van der Waals surface area contributed by atoms with Crippen molar-refractivity contribution in [3.8, 4) is 0 Å². The Labute approximate surface area is 133 Å². The van der Waals surface area contributed by atoms with Crippen LogP contribution in [0.1, 0.15) is 24.1 Å². The van der Waals surface area contributed by atoms with Crippen LogP contribution in [0.5, 0.6) is 0 Å². The smallest absolute Gasteiger partial charge is 0.137 e. The Bertz CT molecular complexity index is 576. The summed E-state index contributed by atoms with van der Waals surface area (Å²) in [6.45, 7) is 2.06. The number of hydrogen-bond acceptors (Lipinski definition) is 2. The van der Waals surface area contributed by atoms with Crippen LogP contribution in [0.4, 0.5) is 4.39 Å². The highest BCUT2D eigenvalue weighted by Crippen LogP contribution is 2.21. The van der Waals surface area contributed by atoms with Gasteiger partial charge in [0.2, 0.25) is 0 Å². The summed E-state index contributed by atoms with van der Waals surface area (Å²) in [5.74, 6) is -0.269. The summed E-state index contributed by atoms with van der Waals surface area (Å²) < 4.78 is 13.7. The molecule has 0 aliphatic rings. The zero-order chi connectivity index (χ0) is 15.2. The topological polar surface area (TPSA) is 32.3 Å². The minimum atomic E-state index is -0.269. The molecule has 0 amide bonds. The molecule has 2 aromatic carbocycles. The fourth-order valence-corrected chi connectivity index (χ4v) is 2.70. The molecule has 0 aliphatic heterocycles. The van der Waals surface area contributed by atoms with E-state index in [-0.39, 0.29) is 24.5 Å². The average molecular weight is 352 g/mol. The first-order valence-electron chi connectivity index (χ1n) is 6.96. The lowest BCUT2D eigenvalue weighted by atomic mass is 10.0. The highest BCUT2D eigenvalue weighted by atomic mass is 79.9. The van der Waals surface area contributed by atoms with Crippen molar-refractivity contribution < 1.29 is 9.50 Å². The van der Waals surface area contributed by atoms with Crippen molar-refractivity contribution in [2.45, 2.75) is 25.4 Å². The first-order chi connectivity index (χ1) is 10.1. The van der Waals surface area contributed by atoms with Gasteiger partial charge in [-0.25, -0.2) is 4.39 Å². The predicted octanol–water partition coefficient (Wildman–Crippen LogP) is 3.84. The summed E-state index contributed by atoms with van der Waals surface area (Å²) >= 11 is 3.20. The maximum absolute atomic E-state index is 13.3. The van der Waals surface area contributed by atoms with E-state index in [1.54, 1.807) is 12.1 Å². The molecule has 21 heavy (non-hydrogen) atoms. The van der Waals surface area contributed by atoms with Crippen LogP contribution in [0, 0.1) is 5.82 Å². The molecule has 2 rings (SSSR count). The van der Waals surface area contributed by atoms with E-state index >= 15 is 0 Å². The third kappa shape index (κ3) is 4.63. The highest BCUT2D eigenvalue weighted by molar-refractivity contribution is 9.10. The fourth-order valence-electron chi connectivity index (χ4n) is 2.31. The van der Waals surface area contributed by atoms with E-state index in [0.717, 1.165) is 12.0 Å². The van der Waals surface area contributed by atoms with E-state index in [1.165, 1.54) is 11.6 Å². The fraction of sp³-hybridized carbons (Fsp3) is 0.294. The Morgan fingerprint density at radius 3 is 2.52 bits per heavy atom. The van der Waals surface area contributed by atoms with Crippen molar-refractivity contribution in [1.82, 2.24) is 5.32 Å². The molecule has 0 spiro atoms. The Kier molecular flexibility index (Phi) is 5.91. The van der Waals surface area contributed by atoms with E-state index in [1.807, 2.05) is 37.3 Å². The Morgan fingerprint density at radius 1 is 1.19 bits per heavy atom. The van der Waals surface area contributed by atoms with Crippen LogP contribution in [0.3, 0.4) is 0 Å². The summed E-state index contributed by atoms with van der Waals surface area (Å²) in [5, 5.41) is 12.9. The molecule has 0 heterocycles. The lowest BCUT2D eigenvalue weighted by Crippen LogP contribution is -2.36. The van der Waals surface area contributed by atoms with Crippen molar-refractivity contribution in [1.29, 1.82) is 0 Å². The van der Waals surface area contributed by atoms with Gasteiger partial charge in [0.1, 0.15) is 5.82 Å². The van der Waals surface area contributed by atoms with E-state index in [2.05, 4.69) is 21.2 Å². The minimum absolute atomic E-state index is 0.0303. The molecule has 0 radical (unpaired) electrons. The standard InChI is InChI=1S/C17H19BrFNO/c1-12(14-7-8-17(19)16(18)10-14)20-15(11-21)9-13-5-3-2-4-6-13/h2-8,10,12,15,20-21H,9,11H2,1H3. The van der Waals surface area contributed by atoms with Gasteiger partial charge in [0.15, 0.2) is 0 Å². The van der Waals surface area contributed by atoms with Crippen molar-refractivity contribution >= 4 is 15.9 Å². The van der Waals surface area contributed by atoms with Crippen LogP contribution < -0.4 is 5.32 Å². The van der Waals surface area contributed by atoms with Crippen molar-refractivity contribution in [3.05, 3.63) is 69.9 Å². The number of rotatable bonds is 6. The van der Waals surface area contributed by atoms with Crippen LogP contribution in [-0.4, -0.2) is 17.8 Å². The largest absolute Gasteiger partial charge is 0.395 e. The monoisotopic (exact) mass is 351 g/mol. The predicted molar refractivity (Wildman–Crippen MR) is 86.7 cm³/mol. The van der Waals surface area contributed by atoms with Crippen LogP contribution in [0.15, 0.2) is 53.0 Å². The van der Waals surface area contributed by atoms with Gasteiger partial charge in [-0.2, -0.15) is 0 Å². The SMILES string of the molecule is CC(NC(CO)Cc1ccccc1)c1ccc(F)c(Br)c1. The van der Waals surface area contributed by atoms with Gasteiger partial charge >= 0.3 is 0 Å². The van der Waals surface area contributed by atoms with E-state index in [4.69, 9.17) is 0 Å². The lowest BCUT2D eigenvalue weighted by Gasteiger charge is -2.22. The summed E-state index contributed by atoms with van der Waals surface area (Å²) in [6, 6.07) is 15.0. The van der Waals surface area contributed by atoms with Crippen molar-refractivity contribution in [3.63, 3.8) is 0 Å². The number of nitrogens with one attached hydrogen (secondary N) is 1. The zero-order valence-electron chi connectivity index (χ0n) is 11.9.